The fourth-order valence-corrected chi connectivity index (χ4v) is 2.55. The number of rotatable bonds is 3. The molecule has 1 aromatic heterocycles. The topological polar surface area (TPSA) is 25.8 Å². The molecule has 1 heterocycles. The van der Waals surface area contributed by atoms with Gasteiger partial charge < -0.3 is 0 Å². The smallest absolute Gasteiger partial charge is 0.135 e. The molecule has 0 aliphatic heterocycles. The van der Waals surface area contributed by atoms with Crippen LogP contribution in [0.2, 0.25) is 15.2 Å². The maximum Gasteiger partial charge on any atom is 0.135 e. The lowest BCUT2D eigenvalue weighted by Crippen LogP contribution is -1.99. The maximum absolute atomic E-state index is 6.12. The highest BCUT2D eigenvalue weighted by atomic mass is 35.5. The van der Waals surface area contributed by atoms with Crippen LogP contribution in [0.15, 0.2) is 54.6 Å². The standard InChI is InChI=1S/C17H11Cl3N2/c18-13-5-1-11(2-6-13)9-17-21-15(10-16(20)22-17)12-3-7-14(19)8-4-12/h1-8,10H,9H2. The minimum atomic E-state index is 0.420. The van der Waals surface area contributed by atoms with Gasteiger partial charge in [-0.3, -0.25) is 0 Å². The monoisotopic (exact) mass is 348 g/mol. The summed E-state index contributed by atoms with van der Waals surface area (Å²) in [7, 11) is 0. The van der Waals surface area contributed by atoms with Gasteiger partial charge in [0.05, 0.1) is 5.69 Å². The SMILES string of the molecule is Clc1ccc(Cc2nc(Cl)cc(-c3ccc(Cl)cc3)n2)cc1. The van der Waals surface area contributed by atoms with Crippen molar-refractivity contribution in [1.82, 2.24) is 9.97 Å². The summed E-state index contributed by atoms with van der Waals surface area (Å²) < 4.78 is 0. The lowest BCUT2D eigenvalue weighted by molar-refractivity contribution is 0.972. The molecule has 0 unspecified atom stereocenters. The quantitative estimate of drug-likeness (QED) is 0.567. The second-order valence-electron chi connectivity index (χ2n) is 4.80. The normalized spacial score (nSPS) is 10.7. The fourth-order valence-electron chi connectivity index (χ4n) is 2.10. The highest BCUT2D eigenvalue weighted by molar-refractivity contribution is 6.31. The average Bonchev–Trinajstić information content (AvgIpc) is 2.50. The van der Waals surface area contributed by atoms with Gasteiger partial charge in [-0.2, -0.15) is 0 Å². The predicted molar refractivity (Wildman–Crippen MR) is 91.7 cm³/mol. The number of nitrogens with zero attached hydrogens (tertiary/aromatic N) is 2. The van der Waals surface area contributed by atoms with Crippen LogP contribution >= 0.6 is 34.8 Å². The molecule has 22 heavy (non-hydrogen) atoms. The van der Waals surface area contributed by atoms with Crippen LogP contribution in [0.25, 0.3) is 11.3 Å². The van der Waals surface area contributed by atoms with Crippen molar-refractivity contribution >= 4 is 34.8 Å². The van der Waals surface area contributed by atoms with Crippen LogP contribution in [-0.2, 0) is 6.42 Å². The molecular weight excluding hydrogens is 339 g/mol. The molecule has 0 N–H and O–H groups in total. The van der Waals surface area contributed by atoms with E-state index >= 15 is 0 Å². The summed E-state index contributed by atoms with van der Waals surface area (Å²) in [4.78, 5) is 8.87. The van der Waals surface area contributed by atoms with Gasteiger partial charge in [0.15, 0.2) is 0 Å². The largest absolute Gasteiger partial charge is 0.232 e. The maximum atomic E-state index is 6.12. The summed E-state index contributed by atoms with van der Waals surface area (Å²) in [6.07, 6.45) is 0.596. The first-order valence-electron chi connectivity index (χ1n) is 6.64. The Hall–Kier alpha value is -1.61. The zero-order chi connectivity index (χ0) is 15.5. The first-order chi connectivity index (χ1) is 10.6. The molecule has 0 aliphatic carbocycles. The van der Waals surface area contributed by atoms with Crippen molar-refractivity contribution in [2.75, 3.05) is 0 Å². The summed E-state index contributed by atoms with van der Waals surface area (Å²) in [5.74, 6) is 0.666. The molecule has 3 rings (SSSR count). The average molecular weight is 350 g/mol. The zero-order valence-electron chi connectivity index (χ0n) is 11.4. The minimum Gasteiger partial charge on any atom is -0.232 e. The van der Waals surface area contributed by atoms with Gasteiger partial charge in [0.1, 0.15) is 11.0 Å². The summed E-state index contributed by atoms with van der Waals surface area (Å²) in [6, 6.07) is 16.8. The Morgan fingerprint density at radius 3 is 1.95 bits per heavy atom. The minimum absolute atomic E-state index is 0.420. The molecule has 0 saturated heterocycles. The predicted octanol–water partition coefficient (Wildman–Crippen LogP) is 5.69. The van der Waals surface area contributed by atoms with E-state index in [0.717, 1.165) is 16.8 Å². The highest BCUT2D eigenvalue weighted by Crippen LogP contribution is 2.23. The van der Waals surface area contributed by atoms with Crippen LogP contribution in [-0.4, -0.2) is 9.97 Å². The third-order valence-corrected chi connectivity index (χ3v) is 3.85. The van der Waals surface area contributed by atoms with Crippen LogP contribution in [0.1, 0.15) is 11.4 Å². The van der Waals surface area contributed by atoms with Crippen LogP contribution in [0.4, 0.5) is 0 Å². The number of halogens is 3. The second-order valence-corrected chi connectivity index (χ2v) is 6.06. The Labute approximate surface area is 143 Å². The Balaban J connectivity index is 1.92. The first kappa shape index (κ1) is 15.3. The molecule has 110 valence electrons. The van der Waals surface area contributed by atoms with Gasteiger partial charge in [0, 0.05) is 28.1 Å². The van der Waals surface area contributed by atoms with Crippen molar-refractivity contribution in [2.24, 2.45) is 0 Å². The Bertz CT molecular complexity index is 784. The van der Waals surface area contributed by atoms with E-state index in [0.29, 0.717) is 27.4 Å². The first-order valence-corrected chi connectivity index (χ1v) is 7.77. The number of aromatic nitrogens is 2. The Morgan fingerprint density at radius 2 is 1.32 bits per heavy atom. The van der Waals surface area contributed by atoms with Gasteiger partial charge in [0.2, 0.25) is 0 Å². The van der Waals surface area contributed by atoms with Crippen molar-refractivity contribution < 1.29 is 0 Å². The summed E-state index contributed by atoms with van der Waals surface area (Å²) in [5.41, 5.74) is 2.81. The van der Waals surface area contributed by atoms with Crippen molar-refractivity contribution in [3.63, 3.8) is 0 Å². The van der Waals surface area contributed by atoms with E-state index in [1.54, 1.807) is 6.07 Å². The highest BCUT2D eigenvalue weighted by Gasteiger charge is 2.07. The molecule has 0 radical (unpaired) electrons. The number of hydrogen-bond acceptors (Lipinski definition) is 2. The van der Waals surface area contributed by atoms with Crippen LogP contribution in [0.3, 0.4) is 0 Å². The van der Waals surface area contributed by atoms with E-state index < -0.39 is 0 Å². The van der Waals surface area contributed by atoms with Gasteiger partial charge in [-0.05, 0) is 29.8 Å². The molecule has 0 aliphatic rings. The fraction of sp³-hybridized carbons (Fsp3) is 0.0588. The van der Waals surface area contributed by atoms with Crippen molar-refractivity contribution in [3.05, 3.63) is 81.2 Å². The lowest BCUT2D eigenvalue weighted by atomic mass is 10.1. The van der Waals surface area contributed by atoms with Crippen molar-refractivity contribution in [1.29, 1.82) is 0 Å². The molecule has 3 aromatic rings. The van der Waals surface area contributed by atoms with E-state index in [9.17, 15) is 0 Å². The van der Waals surface area contributed by atoms with Crippen LogP contribution in [0, 0.1) is 0 Å². The van der Waals surface area contributed by atoms with Crippen LogP contribution in [0.5, 0.6) is 0 Å². The summed E-state index contributed by atoms with van der Waals surface area (Å²) >= 11 is 17.9. The zero-order valence-corrected chi connectivity index (χ0v) is 13.7. The molecule has 2 aromatic carbocycles. The van der Waals surface area contributed by atoms with Gasteiger partial charge in [-0.1, -0.05) is 59.1 Å². The third kappa shape index (κ3) is 3.77. The molecular formula is C17H11Cl3N2. The summed E-state index contributed by atoms with van der Waals surface area (Å²) in [5, 5.41) is 1.81. The van der Waals surface area contributed by atoms with Crippen molar-refractivity contribution in [2.45, 2.75) is 6.42 Å². The van der Waals surface area contributed by atoms with Gasteiger partial charge in [0.25, 0.3) is 0 Å². The molecule has 0 amide bonds. The molecule has 5 heteroatoms. The number of hydrogen-bond donors (Lipinski definition) is 0. The van der Waals surface area contributed by atoms with E-state index in [1.165, 1.54) is 0 Å². The molecule has 0 bridgehead atoms. The lowest BCUT2D eigenvalue weighted by Gasteiger charge is -2.06. The summed E-state index contributed by atoms with van der Waals surface area (Å²) in [6.45, 7) is 0. The van der Waals surface area contributed by atoms with Gasteiger partial charge >= 0.3 is 0 Å². The third-order valence-electron chi connectivity index (χ3n) is 3.16. The van der Waals surface area contributed by atoms with E-state index in [-0.39, 0.29) is 0 Å². The molecule has 0 spiro atoms. The van der Waals surface area contributed by atoms with Crippen LogP contribution < -0.4 is 0 Å². The van der Waals surface area contributed by atoms with E-state index in [1.807, 2.05) is 48.5 Å². The molecule has 0 atom stereocenters. The van der Waals surface area contributed by atoms with Gasteiger partial charge in [-0.15, -0.1) is 0 Å². The molecule has 0 fully saturated rings. The van der Waals surface area contributed by atoms with E-state index in [4.69, 9.17) is 34.8 Å². The van der Waals surface area contributed by atoms with Crippen molar-refractivity contribution in [3.8, 4) is 11.3 Å². The van der Waals surface area contributed by atoms with E-state index in [2.05, 4.69) is 9.97 Å². The number of benzene rings is 2. The Kier molecular flexibility index (Phi) is 4.63. The molecule has 0 saturated carbocycles. The second kappa shape index (κ2) is 6.66. The Morgan fingerprint density at radius 1 is 0.727 bits per heavy atom. The molecule has 2 nitrogen and oxygen atoms in total. The van der Waals surface area contributed by atoms with Gasteiger partial charge in [-0.25, -0.2) is 9.97 Å².